The van der Waals surface area contributed by atoms with Crippen LogP contribution in [0.2, 0.25) is 0 Å². The predicted octanol–water partition coefficient (Wildman–Crippen LogP) is 0.0469. The minimum absolute atomic E-state index is 0.219. The summed E-state index contributed by atoms with van der Waals surface area (Å²) in [5, 5.41) is 8.55. The van der Waals surface area contributed by atoms with Crippen LogP contribution >= 0.6 is 0 Å². The third-order valence-corrected chi connectivity index (χ3v) is 4.06. The van der Waals surface area contributed by atoms with Crippen molar-refractivity contribution in [2.45, 2.75) is 51.2 Å². The van der Waals surface area contributed by atoms with Gasteiger partial charge < -0.3 is 10.6 Å². The van der Waals surface area contributed by atoms with Crippen LogP contribution in [0.25, 0.3) is 0 Å². The Kier molecular flexibility index (Phi) is 4.76. The lowest BCUT2D eigenvalue weighted by atomic mass is 10.1. The van der Waals surface area contributed by atoms with Crippen molar-refractivity contribution in [2.75, 3.05) is 19.6 Å². The molecule has 2 saturated heterocycles. The van der Waals surface area contributed by atoms with Crippen molar-refractivity contribution in [1.82, 2.24) is 20.9 Å². The number of carbonyl (C=O) groups excluding carboxylic acids is 2. The van der Waals surface area contributed by atoms with Gasteiger partial charge in [-0.25, -0.2) is 4.79 Å². The first-order chi connectivity index (χ1) is 9.10. The van der Waals surface area contributed by atoms with Crippen LogP contribution in [0.1, 0.15) is 33.1 Å². The second kappa shape index (κ2) is 6.34. The molecule has 3 N–H and O–H groups in total. The number of carbonyl (C=O) groups is 2. The van der Waals surface area contributed by atoms with E-state index in [9.17, 15) is 9.59 Å². The van der Waals surface area contributed by atoms with Crippen LogP contribution in [0.3, 0.4) is 0 Å². The van der Waals surface area contributed by atoms with Crippen LogP contribution in [0.4, 0.5) is 4.79 Å². The van der Waals surface area contributed by atoms with Gasteiger partial charge in [0.15, 0.2) is 0 Å². The Hall–Kier alpha value is -1.14. The molecule has 19 heavy (non-hydrogen) atoms. The lowest BCUT2D eigenvalue weighted by Gasteiger charge is -2.29. The van der Waals surface area contributed by atoms with Gasteiger partial charge in [-0.1, -0.05) is 0 Å². The van der Waals surface area contributed by atoms with Gasteiger partial charge in [-0.15, -0.1) is 0 Å². The SMILES string of the molecule is CCNC(=O)NC(=O)C(C)N1CCC2CCC(C1)N2. The zero-order chi connectivity index (χ0) is 13.8. The quantitative estimate of drug-likeness (QED) is 0.676. The molecule has 2 heterocycles. The number of nitrogens with one attached hydrogen (secondary N) is 3. The lowest BCUT2D eigenvalue weighted by molar-refractivity contribution is -0.124. The van der Waals surface area contributed by atoms with Crippen molar-refractivity contribution in [3.63, 3.8) is 0 Å². The predicted molar refractivity (Wildman–Crippen MR) is 72.8 cm³/mol. The fourth-order valence-corrected chi connectivity index (χ4v) is 2.91. The van der Waals surface area contributed by atoms with E-state index in [0.29, 0.717) is 18.6 Å². The molecule has 0 aromatic rings. The summed E-state index contributed by atoms with van der Waals surface area (Å²) in [6.07, 6.45) is 3.51. The van der Waals surface area contributed by atoms with Crippen molar-refractivity contribution in [3.8, 4) is 0 Å². The molecule has 2 aliphatic heterocycles. The average molecular weight is 268 g/mol. The van der Waals surface area contributed by atoms with E-state index < -0.39 is 6.03 Å². The van der Waals surface area contributed by atoms with Gasteiger partial charge in [0.1, 0.15) is 0 Å². The summed E-state index contributed by atoms with van der Waals surface area (Å²) in [5.41, 5.74) is 0. The molecular weight excluding hydrogens is 244 g/mol. The fourth-order valence-electron chi connectivity index (χ4n) is 2.91. The molecule has 2 fully saturated rings. The largest absolute Gasteiger partial charge is 0.338 e. The van der Waals surface area contributed by atoms with Gasteiger partial charge in [-0.2, -0.15) is 0 Å². The van der Waals surface area contributed by atoms with Crippen LogP contribution in [0.5, 0.6) is 0 Å². The first kappa shape index (κ1) is 14.3. The highest BCUT2D eigenvalue weighted by Gasteiger charge is 2.33. The van der Waals surface area contributed by atoms with E-state index in [1.54, 1.807) is 0 Å². The number of urea groups is 1. The molecule has 2 aliphatic rings. The van der Waals surface area contributed by atoms with Gasteiger partial charge >= 0.3 is 6.03 Å². The normalized spacial score (nSPS) is 28.5. The highest BCUT2D eigenvalue weighted by Crippen LogP contribution is 2.21. The molecule has 0 saturated carbocycles. The number of hydrogen-bond acceptors (Lipinski definition) is 4. The van der Waals surface area contributed by atoms with Crippen molar-refractivity contribution in [3.05, 3.63) is 0 Å². The van der Waals surface area contributed by atoms with Gasteiger partial charge in [0.25, 0.3) is 0 Å². The van der Waals surface area contributed by atoms with Crippen molar-refractivity contribution >= 4 is 11.9 Å². The molecule has 108 valence electrons. The summed E-state index contributed by atoms with van der Waals surface area (Å²) in [6, 6.07) is 0.429. The van der Waals surface area contributed by atoms with Crippen LogP contribution < -0.4 is 16.0 Å². The number of hydrogen-bond donors (Lipinski definition) is 3. The average Bonchev–Trinajstić information content (AvgIpc) is 2.68. The van der Waals surface area contributed by atoms with Crippen molar-refractivity contribution in [1.29, 1.82) is 0 Å². The second-order valence-electron chi connectivity index (χ2n) is 5.45. The third kappa shape index (κ3) is 3.67. The van der Waals surface area contributed by atoms with E-state index in [0.717, 1.165) is 19.5 Å². The third-order valence-electron chi connectivity index (χ3n) is 4.06. The number of likely N-dealkylation sites (tertiary alicyclic amines) is 1. The summed E-state index contributed by atoms with van der Waals surface area (Å²) in [4.78, 5) is 25.5. The van der Waals surface area contributed by atoms with E-state index in [1.165, 1.54) is 12.8 Å². The summed E-state index contributed by atoms with van der Waals surface area (Å²) in [7, 11) is 0. The zero-order valence-corrected chi connectivity index (χ0v) is 11.7. The Morgan fingerprint density at radius 3 is 2.79 bits per heavy atom. The van der Waals surface area contributed by atoms with E-state index in [4.69, 9.17) is 0 Å². The molecule has 6 heteroatoms. The number of rotatable bonds is 3. The summed E-state index contributed by atoms with van der Waals surface area (Å²) in [6.45, 7) is 6.02. The maximum Gasteiger partial charge on any atom is 0.321 e. The Balaban J connectivity index is 1.86. The monoisotopic (exact) mass is 268 g/mol. The van der Waals surface area contributed by atoms with Crippen LogP contribution in [0.15, 0.2) is 0 Å². The maximum atomic E-state index is 12.0. The molecule has 0 aliphatic carbocycles. The van der Waals surface area contributed by atoms with Gasteiger partial charge in [0, 0.05) is 31.7 Å². The number of nitrogens with zero attached hydrogens (tertiary/aromatic N) is 1. The summed E-state index contributed by atoms with van der Waals surface area (Å²) >= 11 is 0. The highest BCUT2D eigenvalue weighted by molar-refractivity contribution is 5.96. The molecule has 2 bridgehead atoms. The van der Waals surface area contributed by atoms with Gasteiger partial charge in [-0.05, 0) is 33.1 Å². The van der Waals surface area contributed by atoms with E-state index in [1.807, 2.05) is 13.8 Å². The lowest BCUT2D eigenvalue weighted by Crippen LogP contribution is -2.51. The van der Waals surface area contributed by atoms with Crippen molar-refractivity contribution in [2.24, 2.45) is 0 Å². The summed E-state index contributed by atoms with van der Waals surface area (Å²) < 4.78 is 0. The number of imide groups is 1. The van der Waals surface area contributed by atoms with Crippen LogP contribution in [-0.4, -0.2) is 54.6 Å². The molecule has 0 spiro atoms. The van der Waals surface area contributed by atoms with Crippen LogP contribution in [0, 0.1) is 0 Å². The topological polar surface area (TPSA) is 73.5 Å². The van der Waals surface area contributed by atoms with Crippen molar-refractivity contribution < 1.29 is 9.59 Å². The molecule has 6 nitrogen and oxygen atoms in total. The Bertz CT molecular complexity index is 348. The second-order valence-corrected chi connectivity index (χ2v) is 5.45. The molecule has 0 radical (unpaired) electrons. The zero-order valence-electron chi connectivity index (χ0n) is 11.7. The first-order valence-electron chi connectivity index (χ1n) is 7.19. The van der Waals surface area contributed by atoms with Gasteiger partial charge in [-0.3, -0.25) is 15.0 Å². The highest BCUT2D eigenvalue weighted by atomic mass is 16.2. The Labute approximate surface area is 114 Å². The van der Waals surface area contributed by atoms with E-state index in [2.05, 4.69) is 20.9 Å². The van der Waals surface area contributed by atoms with Crippen LogP contribution in [-0.2, 0) is 4.79 Å². The molecule has 2 rings (SSSR count). The molecule has 0 aromatic carbocycles. The smallest absolute Gasteiger partial charge is 0.321 e. The molecule has 0 aromatic heterocycles. The molecule has 3 unspecified atom stereocenters. The number of fused-ring (bicyclic) bond motifs is 2. The number of amides is 3. The fraction of sp³-hybridized carbons (Fsp3) is 0.846. The summed E-state index contributed by atoms with van der Waals surface area (Å²) in [5.74, 6) is -0.219. The molecule has 3 atom stereocenters. The first-order valence-corrected chi connectivity index (χ1v) is 7.19. The molecular formula is C13H24N4O2. The Morgan fingerprint density at radius 1 is 1.32 bits per heavy atom. The Morgan fingerprint density at radius 2 is 2.05 bits per heavy atom. The molecule has 3 amide bonds. The van der Waals surface area contributed by atoms with E-state index >= 15 is 0 Å². The van der Waals surface area contributed by atoms with Gasteiger partial charge in [0.2, 0.25) is 5.91 Å². The minimum Gasteiger partial charge on any atom is -0.338 e. The van der Waals surface area contributed by atoms with Gasteiger partial charge in [0.05, 0.1) is 6.04 Å². The minimum atomic E-state index is -0.409. The maximum absolute atomic E-state index is 12.0. The standard InChI is InChI=1S/C13H24N4O2/c1-3-14-13(19)16-12(18)9(2)17-7-6-10-4-5-11(8-17)15-10/h9-11,15H,3-8H2,1-2H3,(H2,14,16,18,19). The van der Waals surface area contributed by atoms with E-state index in [-0.39, 0.29) is 11.9 Å².